The summed E-state index contributed by atoms with van der Waals surface area (Å²) in [6.07, 6.45) is 20.6. The summed E-state index contributed by atoms with van der Waals surface area (Å²) in [7, 11) is 0. The lowest BCUT2D eigenvalue weighted by molar-refractivity contribution is 0.0539. The molecule has 4 nitrogen and oxygen atoms in total. The molecule has 0 aromatic rings. The molecule has 0 radical (unpaired) electrons. The number of ether oxygens (including phenoxy) is 1. The summed E-state index contributed by atoms with van der Waals surface area (Å²) in [4.78, 5) is 14.5. The first-order valence-electron chi connectivity index (χ1n) is 9.84. The summed E-state index contributed by atoms with van der Waals surface area (Å²) in [5, 5.41) is 0. The molecule has 138 valence electrons. The van der Waals surface area contributed by atoms with Crippen LogP contribution >= 0.6 is 0 Å². The Labute approximate surface area is 143 Å². The quantitative estimate of drug-likeness (QED) is 0.194. The van der Waals surface area contributed by atoms with Crippen molar-refractivity contribution in [3.63, 3.8) is 0 Å². The molecule has 0 unspecified atom stereocenters. The average Bonchev–Trinajstić information content (AvgIpc) is 2.57. The molecule has 0 aliphatic carbocycles. The van der Waals surface area contributed by atoms with E-state index >= 15 is 0 Å². The molecule has 0 spiro atoms. The minimum absolute atomic E-state index is 0.411. The summed E-state index contributed by atoms with van der Waals surface area (Å²) in [5.74, 6) is 4.67. The molecule has 0 amide bonds. The fourth-order valence-electron chi connectivity index (χ4n) is 2.84. The standard InChI is InChI=1S/C19H39NO3/c1-2-3-4-5-6-7-8-9-10-11-12-13-14-15-16-17-18-22-19(21)23-20/h2-18,20H2,1H3. The zero-order chi connectivity index (χ0) is 17.0. The van der Waals surface area contributed by atoms with Crippen LogP contribution in [0.15, 0.2) is 0 Å². The second-order valence-electron chi connectivity index (χ2n) is 6.52. The second-order valence-corrected chi connectivity index (χ2v) is 6.52. The van der Waals surface area contributed by atoms with E-state index in [-0.39, 0.29) is 0 Å². The van der Waals surface area contributed by atoms with Gasteiger partial charge in [-0.3, -0.25) is 0 Å². The molecule has 0 fully saturated rings. The molecule has 0 bridgehead atoms. The zero-order valence-corrected chi connectivity index (χ0v) is 15.3. The average molecular weight is 330 g/mol. The summed E-state index contributed by atoms with van der Waals surface area (Å²) in [5.41, 5.74) is 0. The van der Waals surface area contributed by atoms with Crippen molar-refractivity contribution in [2.75, 3.05) is 6.61 Å². The van der Waals surface area contributed by atoms with Crippen molar-refractivity contribution in [1.82, 2.24) is 0 Å². The highest BCUT2D eigenvalue weighted by atomic mass is 16.8. The Kier molecular flexibility index (Phi) is 18.6. The number of nitrogens with two attached hydrogens (primary N) is 1. The third kappa shape index (κ3) is 19.2. The molecule has 0 aromatic carbocycles. The van der Waals surface area contributed by atoms with Crippen molar-refractivity contribution in [2.45, 2.75) is 110 Å². The first-order chi connectivity index (χ1) is 11.3. The van der Waals surface area contributed by atoms with Crippen LogP contribution in [0.2, 0.25) is 0 Å². The summed E-state index contributed by atoms with van der Waals surface area (Å²) in [6.45, 7) is 2.68. The highest BCUT2D eigenvalue weighted by Gasteiger charge is 1.99. The lowest BCUT2D eigenvalue weighted by Crippen LogP contribution is -2.12. The molecule has 0 saturated carbocycles. The number of carbonyl (C=O) groups excluding carboxylic acids is 1. The molecule has 4 heteroatoms. The maximum Gasteiger partial charge on any atom is 0.527 e. The maximum atomic E-state index is 10.6. The Morgan fingerprint density at radius 1 is 0.652 bits per heavy atom. The fraction of sp³-hybridized carbons (Fsp3) is 0.947. The SMILES string of the molecule is CCCCCCCCCCCCCCCCCCOC(=O)ON. The molecule has 0 atom stereocenters. The van der Waals surface area contributed by atoms with Gasteiger partial charge in [0.05, 0.1) is 6.61 Å². The second kappa shape index (κ2) is 19.3. The van der Waals surface area contributed by atoms with Crippen LogP contribution in [0, 0.1) is 0 Å². The normalized spacial score (nSPS) is 10.7. The van der Waals surface area contributed by atoms with E-state index in [1.165, 1.54) is 89.9 Å². The van der Waals surface area contributed by atoms with Crippen LogP contribution in [0.5, 0.6) is 0 Å². The van der Waals surface area contributed by atoms with Gasteiger partial charge in [0.15, 0.2) is 0 Å². The van der Waals surface area contributed by atoms with Gasteiger partial charge in [-0.15, -0.1) is 0 Å². The van der Waals surface area contributed by atoms with Crippen molar-refractivity contribution >= 4 is 6.16 Å². The van der Waals surface area contributed by atoms with E-state index in [1.54, 1.807) is 0 Å². The van der Waals surface area contributed by atoms with Crippen molar-refractivity contribution < 1.29 is 14.4 Å². The third-order valence-electron chi connectivity index (χ3n) is 4.31. The van der Waals surface area contributed by atoms with Gasteiger partial charge in [-0.1, -0.05) is 103 Å². The van der Waals surface area contributed by atoms with Crippen LogP contribution in [0.1, 0.15) is 110 Å². The Morgan fingerprint density at radius 3 is 1.35 bits per heavy atom. The molecule has 2 N–H and O–H groups in total. The van der Waals surface area contributed by atoms with E-state index in [0.717, 1.165) is 12.8 Å². The van der Waals surface area contributed by atoms with Gasteiger partial charge in [0, 0.05) is 0 Å². The number of rotatable bonds is 17. The van der Waals surface area contributed by atoms with Gasteiger partial charge in [-0.2, -0.15) is 5.90 Å². The van der Waals surface area contributed by atoms with Crippen molar-refractivity contribution in [2.24, 2.45) is 5.90 Å². The molecule has 0 aliphatic heterocycles. The zero-order valence-electron chi connectivity index (χ0n) is 15.3. The van der Waals surface area contributed by atoms with Crippen molar-refractivity contribution in [3.8, 4) is 0 Å². The molecule has 0 saturated heterocycles. The van der Waals surface area contributed by atoms with Crippen LogP contribution < -0.4 is 5.90 Å². The summed E-state index contributed by atoms with van der Waals surface area (Å²) < 4.78 is 4.72. The Bertz CT molecular complexity index is 247. The Hall–Kier alpha value is -0.770. The predicted octanol–water partition coefficient (Wildman–Crippen LogP) is 6.27. The van der Waals surface area contributed by atoms with E-state index in [2.05, 4.69) is 17.7 Å². The van der Waals surface area contributed by atoms with Crippen LogP contribution in [0.4, 0.5) is 4.79 Å². The van der Waals surface area contributed by atoms with Gasteiger partial charge in [-0.25, -0.2) is 4.79 Å². The molecule has 23 heavy (non-hydrogen) atoms. The Morgan fingerprint density at radius 2 is 1.00 bits per heavy atom. The molecule has 0 aliphatic rings. The first kappa shape index (κ1) is 22.2. The molecule has 0 aromatic heterocycles. The number of carbonyl (C=O) groups is 1. The van der Waals surface area contributed by atoms with Gasteiger partial charge in [0.2, 0.25) is 0 Å². The predicted molar refractivity (Wildman–Crippen MR) is 96.2 cm³/mol. The van der Waals surface area contributed by atoms with Crippen LogP contribution in [0.25, 0.3) is 0 Å². The van der Waals surface area contributed by atoms with Crippen molar-refractivity contribution in [1.29, 1.82) is 0 Å². The minimum Gasteiger partial charge on any atom is -0.433 e. The van der Waals surface area contributed by atoms with Gasteiger partial charge in [-0.05, 0) is 6.42 Å². The molecular formula is C19H39NO3. The summed E-state index contributed by atoms with van der Waals surface area (Å²) in [6, 6.07) is 0. The van der Waals surface area contributed by atoms with Crippen LogP contribution in [-0.2, 0) is 9.57 Å². The van der Waals surface area contributed by atoms with Gasteiger partial charge in [0.1, 0.15) is 0 Å². The smallest absolute Gasteiger partial charge is 0.433 e. The molecule has 0 rings (SSSR count). The highest BCUT2D eigenvalue weighted by molar-refractivity contribution is 5.59. The van der Waals surface area contributed by atoms with Crippen LogP contribution in [0.3, 0.4) is 0 Å². The van der Waals surface area contributed by atoms with E-state index in [4.69, 9.17) is 4.74 Å². The van der Waals surface area contributed by atoms with Gasteiger partial charge in [0.25, 0.3) is 0 Å². The monoisotopic (exact) mass is 329 g/mol. The van der Waals surface area contributed by atoms with Crippen molar-refractivity contribution in [3.05, 3.63) is 0 Å². The number of hydrogen-bond acceptors (Lipinski definition) is 4. The lowest BCUT2D eigenvalue weighted by Gasteiger charge is -2.04. The summed E-state index contributed by atoms with van der Waals surface area (Å²) >= 11 is 0. The first-order valence-corrected chi connectivity index (χ1v) is 9.84. The third-order valence-corrected chi connectivity index (χ3v) is 4.31. The van der Waals surface area contributed by atoms with E-state index in [1.807, 2.05) is 0 Å². The van der Waals surface area contributed by atoms with Gasteiger partial charge < -0.3 is 9.57 Å². The Balaban J connectivity index is 2.99. The minimum atomic E-state index is -0.786. The maximum absolute atomic E-state index is 10.6. The van der Waals surface area contributed by atoms with Gasteiger partial charge >= 0.3 is 6.16 Å². The molecule has 0 heterocycles. The van der Waals surface area contributed by atoms with E-state index in [0.29, 0.717) is 6.61 Å². The molecular weight excluding hydrogens is 290 g/mol. The largest absolute Gasteiger partial charge is 0.527 e. The number of hydrogen-bond donors (Lipinski definition) is 1. The fourth-order valence-corrected chi connectivity index (χ4v) is 2.84. The topological polar surface area (TPSA) is 61.5 Å². The van der Waals surface area contributed by atoms with E-state index in [9.17, 15) is 4.79 Å². The van der Waals surface area contributed by atoms with Crippen LogP contribution in [-0.4, -0.2) is 12.8 Å². The number of unbranched alkanes of at least 4 members (excludes halogenated alkanes) is 15. The highest BCUT2D eigenvalue weighted by Crippen LogP contribution is 2.13. The van der Waals surface area contributed by atoms with E-state index < -0.39 is 6.16 Å². The lowest BCUT2D eigenvalue weighted by atomic mass is 10.0.